The molecule has 1 fully saturated rings. The van der Waals surface area contributed by atoms with Gasteiger partial charge in [-0.3, -0.25) is 4.79 Å². The number of rotatable bonds is 2. The summed E-state index contributed by atoms with van der Waals surface area (Å²) in [6, 6.07) is 3.77. The standard InChI is InChI=1S/C9H10N4O/c10-3-5-13-4-1-2-8(13)7(6-11)9(12)14/h1-2,4-5H2,(H2,12,14)/b8-7-. The number of hydrogen-bond acceptors (Lipinski definition) is 4. The Hall–Kier alpha value is -2.01. The number of likely N-dealkylation sites (tertiary alicyclic amines) is 1. The molecule has 1 aliphatic heterocycles. The van der Waals surface area contributed by atoms with Crippen LogP contribution in [0.5, 0.6) is 0 Å². The number of carbonyl (C=O) groups excluding carboxylic acids is 1. The van der Waals surface area contributed by atoms with Gasteiger partial charge in [0.15, 0.2) is 0 Å². The number of nitrogens with two attached hydrogens (primary N) is 1. The first-order valence-electron chi connectivity index (χ1n) is 4.25. The summed E-state index contributed by atoms with van der Waals surface area (Å²) < 4.78 is 0. The minimum absolute atomic E-state index is 0.0160. The molecule has 5 nitrogen and oxygen atoms in total. The summed E-state index contributed by atoms with van der Waals surface area (Å²) in [5, 5.41) is 17.2. The molecule has 1 heterocycles. The highest BCUT2D eigenvalue weighted by Gasteiger charge is 2.22. The number of primary amides is 1. The van der Waals surface area contributed by atoms with E-state index in [-0.39, 0.29) is 12.1 Å². The first-order chi connectivity index (χ1) is 6.70. The molecule has 0 aromatic carbocycles. The number of allylic oxidation sites excluding steroid dienone is 1. The fraction of sp³-hybridized carbons (Fsp3) is 0.444. The zero-order chi connectivity index (χ0) is 10.6. The average molecular weight is 190 g/mol. The molecule has 0 saturated carbocycles. The van der Waals surface area contributed by atoms with Crippen molar-refractivity contribution in [2.45, 2.75) is 12.8 Å². The quantitative estimate of drug-likeness (QED) is 0.373. The first-order valence-corrected chi connectivity index (χ1v) is 4.25. The number of nitrogens with zero attached hydrogens (tertiary/aromatic N) is 3. The van der Waals surface area contributed by atoms with Crippen LogP contribution in [-0.4, -0.2) is 23.9 Å². The Kier molecular flexibility index (Phi) is 3.09. The smallest absolute Gasteiger partial charge is 0.261 e. The maximum absolute atomic E-state index is 10.9. The number of hydrogen-bond donors (Lipinski definition) is 1. The third-order valence-corrected chi connectivity index (χ3v) is 2.13. The van der Waals surface area contributed by atoms with Crippen LogP contribution in [0.1, 0.15) is 12.8 Å². The minimum atomic E-state index is -0.715. The van der Waals surface area contributed by atoms with Gasteiger partial charge in [-0.05, 0) is 12.8 Å². The molecule has 1 saturated heterocycles. The summed E-state index contributed by atoms with van der Waals surface area (Å²) in [6.07, 6.45) is 1.50. The molecule has 0 bridgehead atoms. The maximum atomic E-state index is 10.9. The minimum Gasteiger partial charge on any atom is -0.365 e. The third-order valence-electron chi connectivity index (χ3n) is 2.13. The predicted octanol–water partition coefficient (Wildman–Crippen LogP) is -0.131. The van der Waals surface area contributed by atoms with Crippen LogP contribution in [0.2, 0.25) is 0 Å². The monoisotopic (exact) mass is 190 g/mol. The topological polar surface area (TPSA) is 93.9 Å². The van der Waals surface area contributed by atoms with Gasteiger partial charge in [0.2, 0.25) is 0 Å². The molecule has 0 atom stereocenters. The van der Waals surface area contributed by atoms with E-state index in [9.17, 15) is 4.79 Å². The van der Waals surface area contributed by atoms with Gasteiger partial charge in [0.25, 0.3) is 5.91 Å². The highest BCUT2D eigenvalue weighted by molar-refractivity contribution is 5.96. The molecule has 0 radical (unpaired) electrons. The van der Waals surface area contributed by atoms with Crippen LogP contribution in [-0.2, 0) is 4.79 Å². The molecule has 5 heteroatoms. The summed E-state index contributed by atoms with van der Waals surface area (Å²) in [5.74, 6) is -0.715. The predicted molar refractivity (Wildman–Crippen MR) is 48.3 cm³/mol. The van der Waals surface area contributed by atoms with Crippen molar-refractivity contribution in [1.82, 2.24) is 4.90 Å². The van der Waals surface area contributed by atoms with Gasteiger partial charge in [-0.25, -0.2) is 0 Å². The second kappa shape index (κ2) is 4.29. The fourth-order valence-corrected chi connectivity index (χ4v) is 1.54. The highest BCUT2D eigenvalue weighted by Crippen LogP contribution is 2.23. The van der Waals surface area contributed by atoms with Gasteiger partial charge in [-0.2, -0.15) is 10.5 Å². The Morgan fingerprint density at radius 3 is 2.79 bits per heavy atom. The molecule has 0 spiro atoms. The molecular formula is C9H10N4O. The third kappa shape index (κ3) is 1.83. The van der Waals surface area contributed by atoms with E-state index in [0.717, 1.165) is 6.42 Å². The molecule has 2 N–H and O–H groups in total. The Balaban J connectivity index is 3.00. The largest absolute Gasteiger partial charge is 0.365 e. The van der Waals surface area contributed by atoms with Crippen molar-refractivity contribution in [2.75, 3.05) is 13.1 Å². The van der Waals surface area contributed by atoms with Gasteiger partial charge < -0.3 is 10.6 Å². The number of nitriles is 2. The lowest BCUT2D eigenvalue weighted by Gasteiger charge is -2.16. The molecule has 1 amide bonds. The zero-order valence-corrected chi connectivity index (χ0v) is 7.66. The molecule has 0 aliphatic carbocycles. The van der Waals surface area contributed by atoms with Crippen LogP contribution in [0.25, 0.3) is 0 Å². The van der Waals surface area contributed by atoms with Crippen LogP contribution in [0.3, 0.4) is 0 Å². The summed E-state index contributed by atoms with van der Waals surface area (Å²) in [5.41, 5.74) is 5.65. The van der Waals surface area contributed by atoms with E-state index in [0.29, 0.717) is 18.7 Å². The molecule has 72 valence electrons. The van der Waals surface area contributed by atoms with Crippen molar-refractivity contribution in [3.05, 3.63) is 11.3 Å². The summed E-state index contributed by atoms with van der Waals surface area (Å²) in [6.45, 7) is 0.912. The van der Waals surface area contributed by atoms with Gasteiger partial charge in [-0.15, -0.1) is 0 Å². The number of amides is 1. The van der Waals surface area contributed by atoms with Crippen LogP contribution >= 0.6 is 0 Å². The molecule has 14 heavy (non-hydrogen) atoms. The fourth-order valence-electron chi connectivity index (χ4n) is 1.54. The van der Waals surface area contributed by atoms with Crippen LogP contribution in [0.15, 0.2) is 11.3 Å². The second-order valence-electron chi connectivity index (χ2n) is 2.98. The molecule has 0 unspecified atom stereocenters. The molecule has 1 aliphatic rings. The first kappa shape index (κ1) is 10.1. The molecule has 0 aromatic heterocycles. The van der Waals surface area contributed by atoms with Gasteiger partial charge in [0, 0.05) is 12.2 Å². The van der Waals surface area contributed by atoms with Gasteiger partial charge in [0.05, 0.1) is 6.07 Å². The Labute approximate surface area is 82.0 Å². The van der Waals surface area contributed by atoms with E-state index >= 15 is 0 Å². The highest BCUT2D eigenvalue weighted by atomic mass is 16.1. The lowest BCUT2D eigenvalue weighted by Crippen LogP contribution is -2.23. The molecular weight excluding hydrogens is 180 g/mol. The lowest BCUT2D eigenvalue weighted by molar-refractivity contribution is -0.114. The lowest BCUT2D eigenvalue weighted by atomic mass is 10.1. The van der Waals surface area contributed by atoms with Gasteiger partial charge in [-0.1, -0.05) is 0 Å². The van der Waals surface area contributed by atoms with Crippen LogP contribution < -0.4 is 5.73 Å². The normalized spacial score (nSPS) is 18.6. The van der Waals surface area contributed by atoms with Gasteiger partial charge >= 0.3 is 0 Å². The summed E-state index contributed by atoms with van der Waals surface area (Å²) in [7, 11) is 0. The second-order valence-corrected chi connectivity index (χ2v) is 2.98. The van der Waals surface area contributed by atoms with E-state index in [1.807, 2.05) is 6.07 Å². The van der Waals surface area contributed by atoms with Crippen molar-refractivity contribution in [2.24, 2.45) is 5.73 Å². The molecule has 0 aromatic rings. The Morgan fingerprint density at radius 1 is 1.57 bits per heavy atom. The number of carbonyl (C=O) groups is 1. The average Bonchev–Trinajstić information content (AvgIpc) is 2.55. The van der Waals surface area contributed by atoms with Gasteiger partial charge in [0.1, 0.15) is 18.2 Å². The summed E-state index contributed by atoms with van der Waals surface area (Å²) in [4.78, 5) is 12.6. The van der Waals surface area contributed by atoms with Crippen LogP contribution in [0, 0.1) is 22.7 Å². The van der Waals surface area contributed by atoms with Crippen molar-refractivity contribution < 1.29 is 4.79 Å². The SMILES string of the molecule is N#CCN1CCC/C1=C(\C#N)C(N)=O. The van der Waals surface area contributed by atoms with Crippen molar-refractivity contribution in [3.63, 3.8) is 0 Å². The summed E-state index contributed by atoms with van der Waals surface area (Å²) >= 11 is 0. The molecule has 1 rings (SSSR count). The van der Waals surface area contributed by atoms with E-state index in [1.165, 1.54) is 0 Å². The van der Waals surface area contributed by atoms with Crippen molar-refractivity contribution in [3.8, 4) is 12.1 Å². The maximum Gasteiger partial charge on any atom is 0.261 e. The Bertz CT molecular complexity index is 358. The zero-order valence-electron chi connectivity index (χ0n) is 7.66. The van der Waals surface area contributed by atoms with Crippen molar-refractivity contribution >= 4 is 5.91 Å². The van der Waals surface area contributed by atoms with Crippen LogP contribution in [0.4, 0.5) is 0 Å². The van der Waals surface area contributed by atoms with E-state index in [4.69, 9.17) is 16.3 Å². The van der Waals surface area contributed by atoms with Crippen molar-refractivity contribution in [1.29, 1.82) is 10.5 Å². The van der Waals surface area contributed by atoms with E-state index in [1.54, 1.807) is 11.0 Å². The van der Waals surface area contributed by atoms with E-state index in [2.05, 4.69) is 0 Å². The van der Waals surface area contributed by atoms with E-state index < -0.39 is 5.91 Å². The Morgan fingerprint density at radius 2 is 2.29 bits per heavy atom.